The van der Waals surface area contributed by atoms with Crippen LogP contribution in [0.3, 0.4) is 0 Å². The van der Waals surface area contributed by atoms with Crippen molar-refractivity contribution in [2.75, 3.05) is 6.54 Å². The highest BCUT2D eigenvalue weighted by molar-refractivity contribution is 5.96. The van der Waals surface area contributed by atoms with Crippen LogP contribution >= 0.6 is 0 Å². The van der Waals surface area contributed by atoms with Crippen LogP contribution in [0, 0.1) is 15.9 Å². The first kappa shape index (κ1) is 14.8. The molecule has 0 aliphatic carbocycles. The van der Waals surface area contributed by atoms with E-state index >= 15 is 0 Å². The lowest BCUT2D eigenvalue weighted by molar-refractivity contribution is -0.483. The number of rotatable bonds is 6. The van der Waals surface area contributed by atoms with Crippen molar-refractivity contribution in [1.29, 1.82) is 0 Å². The summed E-state index contributed by atoms with van der Waals surface area (Å²) in [6.45, 7) is -0.357. The Balaban J connectivity index is 2.18. The maximum absolute atomic E-state index is 12.9. The van der Waals surface area contributed by atoms with Crippen LogP contribution in [0.15, 0.2) is 54.6 Å². The van der Waals surface area contributed by atoms with Crippen LogP contribution in [0.2, 0.25) is 0 Å². The molecule has 0 saturated carbocycles. The van der Waals surface area contributed by atoms with E-state index in [1.165, 1.54) is 24.3 Å². The largest absolute Gasteiger partial charge is 0.294 e. The summed E-state index contributed by atoms with van der Waals surface area (Å²) in [5.74, 6) is -1.13. The third-order valence-corrected chi connectivity index (χ3v) is 3.24. The maximum Gasteiger partial charge on any atom is 0.211 e. The smallest absolute Gasteiger partial charge is 0.211 e. The van der Waals surface area contributed by atoms with Crippen LogP contribution in [0.1, 0.15) is 28.3 Å². The predicted molar refractivity (Wildman–Crippen MR) is 76.4 cm³/mol. The zero-order valence-electron chi connectivity index (χ0n) is 11.2. The van der Waals surface area contributed by atoms with Gasteiger partial charge in [-0.15, -0.1) is 0 Å². The van der Waals surface area contributed by atoms with Crippen molar-refractivity contribution >= 4 is 5.78 Å². The monoisotopic (exact) mass is 287 g/mol. The van der Waals surface area contributed by atoms with E-state index in [9.17, 15) is 19.3 Å². The minimum atomic E-state index is -0.562. The number of benzene rings is 2. The molecule has 2 rings (SSSR count). The average molecular weight is 287 g/mol. The van der Waals surface area contributed by atoms with Gasteiger partial charge in [0, 0.05) is 16.9 Å². The summed E-state index contributed by atoms with van der Waals surface area (Å²) in [5, 5.41) is 10.8. The molecule has 0 amide bonds. The quantitative estimate of drug-likeness (QED) is 0.464. The number of ketones is 1. The minimum absolute atomic E-state index is 0.0244. The van der Waals surface area contributed by atoms with E-state index in [4.69, 9.17) is 0 Å². The van der Waals surface area contributed by atoms with Crippen LogP contribution in [-0.4, -0.2) is 17.3 Å². The highest BCUT2D eigenvalue weighted by atomic mass is 19.1. The zero-order chi connectivity index (χ0) is 15.2. The Hall–Kier alpha value is -2.56. The van der Waals surface area contributed by atoms with E-state index in [0.717, 1.165) is 0 Å². The number of carbonyl (C=O) groups excluding carboxylic acids is 1. The molecule has 4 nitrogen and oxygen atoms in total. The summed E-state index contributed by atoms with van der Waals surface area (Å²) in [7, 11) is 0. The van der Waals surface area contributed by atoms with E-state index in [-0.39, 0.29) is 18.7 Å². The Kier molecular flexibility index (Phi) is 4.77. The predicted octanol–water partition coefficient (Wildman–Crippen LogP) is 3.46. The average Bonchev–Trinajstić information content (AvgIpc) is 2.48. The van der Waals surface area contributed by atoms with E-state index in [1.54, 1.807) is 30.3 Å². The molecule has 0 radical (unpaired) electrons. The minimum Gasteiger partial charge on any atom is -0.294 e. The summed E-state index contributed by atoms with van der Waals surface area (Å²) in [6, 6.07) is 14.1. The van der Waals surface area contributed by atoms with E-state index in [2.05, 4.69) is 0 Å². The SMILES string of the molecule is O=C(C[C@H](C[N+](=O)[O-])c1ccc(F)cc1)c1ccccc1. The van der Waals surface area contributed by atoms with Gasteiger partial charge in [0.25, 0.3) is 0 Å². The molecule has 0 aromatic heterocycles. The van der Waals surface area contributed by atoms with Gasteiger partial charge in [0.1, 0.15) is 5.82 Å². The van der Waals surface area contributed by atoms with Crippen LogP contribution in [-0.2, 0) is 0 Å². The van der Waals surface area contributed by atoms with Gasteiger partial charge >= 0.3 is 0 Å². The van der Waals surface area contributed by atoms with Crippen molar-refractivity contribution in [2.24, 2.45) is 0 Å². The van der Waals surface area contributed by atoms with Gasteiger partial charge in [0.05, 0.1) is 5.92 Å². The first-order chi connectivity index (χ1) is 10.1. The molecule has 0 saturated heterocycles. The van der Waals surface area contributed by atoms with Gasteiger partial charge in [0.15, 0.2) is 5.78 Å². The molecule has 2 aromatic rings. The molecule has 1 atom stereocenters. The number of hydrogen-bond acceptors (Lipinski definition) is 3. The number of halogens is 1. The van der Waals surface area contributed by atoms with Crippen molar-refractivity contribution in [3.8, 4) is 0 Å². The second-order valence-electron chi connectivity index (χ2n) is 4.76. The lowest BCUT2D eigenvalue weighted by Gasteiger charge is -2.12. The third kappa shape index (κ3) is 4.21. The summed E-state index contributed by atoms with van der Waals surface area (Å²) in [4.78, 5) is 22.5. The maximum atomic E-state index is 12.9. The van der Waals surface area contributed by atoms with E-state index < -0.39 is 16.7 Å². The summed E-state index contributed by atoms with van der Waals surface area (Å²) >= 11 is 0. The Morgan fingerprint density at radius 2 is 1.71 bits per heavy atom. The summed E-state index contributed by atoms with van der Waals surface area (Å²) in [6.07, 6.45) is 0.0244. The lowest BCUT2D eigenvalue weighted by Crippen LogP contribution is -2.16. The molecule has 0 spiro atoms. The standard InChI is InChI=1S/C16H14FNO3/c17-15-8-6-12(7-9-15)14(11-18(20)21)10-16(19)13-4-2-1-3-5-13/h1-9,14H,10-11H2/t14-/m1/s1. The molecule has 0 N–H and O–H groups in total. The van der Waals surface area contributed by atoms with E-state index in [0.29, 0.717) is 11.1 Å². The number of nitrogens with zero attached hydrogens (tertiary/aromatic N) is 1. The molecule has 0 heterocycles. The topological polar surface area (TPSA) is 60.2 Å². The van der Waals surface area contributed by atoms with Crippen LogP contribution in [0.5, 0.6) is 0 Å². The van der Waals surface area contributed by atoms with Crippen molar-refractivity contribution in [1.82, 2.24) is 0 Å². The van der Waals surface area contributed by atoms with Gasteiger partial charge in [-0.2, -0.15) is 0 Å². The second kappa shape index (κ2) is 6.74. The number of carbonyl (C=O) groups is 1. The van der Waals surface area contributed by atoms with Crippen molar-refractivity contribution in [2.45, 2.75) is 12.3 Å². The van der Waals surface area contributed by atoms with E-state index in [1.807, 2.05) is 0 Å². The number of Topliss-reactive ketones (excluding diaryl/α,β-unsaturated/α-hetero) is 1. The van der Waals surface area contributed by atoms with Gasteiger partial charge in [-0.05, 0) is 17.7 Å². The summed E-state index contributed by atoms with van der Waals surface area (Å²) in [5.41, 5.74) is 1.12. The van der Waals surface area contributed by atoms with Gasteiger partial charge in [-0.3, -0.25) is 14.9 Å². The van der Waals surface area contributed by atoms with Crippen molar-refractivity contribution < 1.29 is 14.1 Å². The Bertz CT molecular complexity index is 626. The lowest BCUT2D eigenvalue weighted by atomic mass is 9.91. The molecular weight excluding hydrogens is 273 g/mol. The van der Waals surface area contributed by atoms with Gasteiger partial charge < -0.3 is 0 Å². The second-order valence-corrected chi connectivity index (χ2v) is 4.76. The molecule has 0 fully saturated rings. The van der Waals surface area contributed by atoms with Gasteiger partial charge in [-0.25, -0.2) is 4.39 Å². The molecule has 108 valence electrons. The van der Waals surface area contributed by atoms with Crippen LogP contribution in [0.25, 0.3) is 0 Å². The molecule has 5 heteroatoms. The highest BCUT2D eigenvalue weighted by Gasteiger charge is 2.22. The Labute approximate surface area is 121 Å². The van der Waals surface area contributed by atoms with Crippen molar-refractivity contribution in [3.63, 3.8) is 0 Å². The molecule has 2 aromatic carbocycles. The molecule has 21 heavy (non-hydrogen) atoms. The molecule has 0 unspecified atom stereocenters. The van der Waals surface area contributed by atoms with Gasteiger partial charge in [-0.1, -0.05) is 42.5 Å². The molecule has 0 bridgehead atoms. The fourth-order valence-corrected chi connectivity index (χ4v) is 2.17. The first-order valence-corrected chi connectivity index (χ1v) is 6.52. The first-order valence-electron chi connectivity index (χ1n) is 6.52. The van der Waals surface area contributed by atoms with Crippen LogP contribution < -0.4 is 0 Å². The Morgan fingerprint density at radius 1 is 1.10 bits per heavy atom. The molecule has 0 aliphatic heterocycles. The molecule has 0 aliphatic rings. The fraction of sp³-hybridized carbons (Fsp3) is 0.188. The third-order valence-electron chi connectivity index (χ3n) is 3.24. The van der Waals surface area contributed by atoms with Crippen LogP contribution in [0.4, 0.5) is 4.39 Å². The number of hydrogen-bond donors (Lipinski definition) is 0. The number of nitro groups is 1. The van der Waals surface area contributed by atoms with Gasteiger partial charge in [0.2, 0.25) is 6.54 Å². The summed E-state index contributed by atoms with van der Waals surface area (Å²) < 4.78 is 12.9. The molecular formula is C16H14FNO3. The highest BCUT2D eigenvalue weighted by Crippen LogP contribution is 2.22. The normalized spacial score (nSPS) is 11.9. The fourth-order valence-electron chi connectivity index (χ4n) is 2.17. The Morgan fingerprint density at radius 3 is 2.29 bits per heavy atom. The van der Waals surface area contributed by atoms with Crippen molar-refractivity contribution in [3.05, 3.63) is 81.7 Å². The zero-order valence-corrected chi connectivity index (χ0v) is 11.2.